The summed E-state index contributed by atoms with van der Waals surface area (Å²) in [5.41, 5.74) is 0.726. The summed E-state index contributed by atoms with van der Waals surface area (Å²) in [6, 6.07) is 11.3. The molecule has 0 aromatic rings. The van der Waals surface area contributed by atoms with Crippen molar-refractivity contribution in [3.8, 4) is 0 Å². The summed E-state index contributed by atoms with van der Waals surface area (Å²) < 4.78 is 13.6. The van der Waals surface area contributed by atoms with Gasteiger partial charge in [-0.2, -0.15) is 0 Å². The van der Waals surface area contributed by atoms with E-state index in [9.17, 15) is 4.39 Å². The van der Waals surface area contributed by atoms with Gasteiger partial charge in [0.2, 0.25) is 0 Å². The molecular formula is C86H197FN12. The van der Waals surface area contributed by atoms with Crippen molar-refractivity contribution in [2.45, 2.75) is 434 Å². The molecule has 0 aliphatic carbocycles. The zero-order valence-electron chi connectivity index (χ0n) is 68.5. The van der Waals surface area contributed by atoms with Crippen LogP contribution in [-0.2, 0) is 0 Å². The Morgan fingerprint density at radius 1 is 0.263 bits per heavy atom. The van der Waals surface area contributed by atoms with Crippen molar-refractivity contribution < 1.29 is 4.39 Å². The van der Waals surface area contributed by atoms with Gasteiger partial charge in [0, 0.05) is 162 Å². The van der Waals surface area contributed by atoms with E-state index in [1.807, 2.05) is 0 Å². The van der Waals surface area contributed by atoms with Gasteiger partial charge < -0.3 is 0 Å². The molecule has 6 fully saturated rings. The van der Waals surface area contributed by atoms with E-state index in [0.29, 0.717) is 115 Å². The lowest BCUT2D eigenvalue weighted by molar-refractivity contribution is 0.0573. The highest BCUT2D eigenvalue weighted by atomic mass is 19.1. The molecule has 6 saturated heterocycles. The second kappa shape index (κ2) is 55.8. The maximum Gasteiger partial charge on any atom is 0.125 e. The van der Waals surface area contributed by atoms with Crippen LogP contribution in [0.3, 0.4) is 0 Å². The molecule has 6 aliphatic rings. The van der Waals surface area contributed by atoms with Crippen LogP contribution in [-0.4, -0.2) is 292 Å². The Hall–Kier alpha value is -0.550. The molecule has 99 heavy (non-hydrogen) atoms. The van der Waals surface area contributed by atoms with E-state index in [4.69, 9.17) is 0 Å². The molecule has 608 valence electrons. The van der Waals surface area contributed by atoms with Crippen LogP contribution < -0.4 is 0 Å². The maximum atomic E-state index is 13.6. The maximum absolute atomic E-state index is 13.6. The highest BCUT2D eigenvalue weighted by molar-refractivity contribution is 4.93. The molecular weight excluding hydrogens is 1220 g/mol. The van der Waals surface area contributed by atoms with E-state index >= 15 is 0 Å². The Morgan fingerprint density at radius 2 is 0.465 bits per heavy atom. The third-order valence-electron chi connectivity index (χ3n) is 21.7. The predicted octanol–water partition coefficient (Wildman–Crippen LogP) is 20.0. The van der Waals surface area contributed by atoms with E-state index in [2.05, 4.69) is 287 Å². The van der Waals surface area contributed by atoms with Crippen molar-refractivity contribution in [1.82, 2.24) is 58.8 Å². The van der Waals surface area contributed by atoms with Crippen LogP contribution in [0.15, 0.2) is 0 Å². The van der Waals surface area contributed by atoms with Gasteiger partial charge >= 0.3 is 0 Å². The van der Waals surface area contributed by atoms with Gasteiger partial charge in [-0.05, 0) is 294 Å². The molecule has 0 bridgehead atoms. The number of rotatable bonds is 14. The standard InChI is InChI=1S/2C15H32N2.2C13H28N2.C12H26N2.C11H23FN2.7CH4/c2*1-12(2)16-9-8-10-17(13(3)4)14(11-16)15(5,6)7;2*1-6-13-10-14(11(2)3)8-7-9-15(13)12(4)5;1-10(2)13-7-6-8-14(11(3)4)12(5)9-13;1-9(2)13-5-6-14(10(3)4)8-11(12)7-13;;;;;;;/h2*12-14H,8-11H2,1-7H3;2*11-13H,6-10H2,1-5H3;10-12H,6-9H2,1-5H3;9-11H,5-8H2,1-4H3;7*1H4/t2*14-;2*13-;12-;;;;;;;;/m10100......../s1. The number of hydrogen-bond acceptors (Lipinski definition) is 12. The SMILES string of the molecule is C.C.C.C.C.C.C.CC(C)N1CCCN(C(C)C)[C@@H](C(C)(C)C)C1.CC(C)N1CCCN(C(C)C)[C@@H](C)C1.CC(C)N1CCCN(C(C)C)[C@H](C(C)(C)C)C1.CC(C)N1CCN(C(C)C)CC(F)C1.CC[C@@H]1CN(C(C)C)CCCN1C(C)C.CC[C@H]1CN(C(C)C)CCCN1C(C)C. The normalized spacial score (nSPS) is 23.9. The average Bonchev–Trinajstić information content (AvgIpc) is 1.81. The second-order valence-corrected chi connectivity index (χ2v) is 34.9. The third kappa shape index (κ3) is 41.4. The minimum atomic E-state index is -0.692. The largest absolute Gasteiger partial charge is 0.299 e. The lowest BCUT2D eigenvalue weighted by Crippen LogP contribution is -2.52. The van der Waals surface area contributed by atoms with Gasteiger partial charge in [0.25, 0.3) is 0 Å². The zero-order chi connectivity index (χ0) is 70.7. The molecule has 5 atom stereocenters. The summed E-state index contributed by atoms with van der Waals surface area (Å²) in [6.07, 6.45) is 8.46. The average molecular weight is 1420 g/mol. The number of halogens is 1. The van der Waals surface area contributed by atoms with Crippen LogP contribution in [0.1, 0.15) is 325 Å². The van der Waals surface area contributed by atoms with E-state index in [1.165, 1.54) is 143 Å². The second-order valence-electron chi connectivity index (χ2n) is 34.9. The van der Waals surface area contributed by atoms with Gasteiger partial charge in [0.05, 0.1) is 0 Å². The molecule has 0 aromatic heterocycles. The minimum Gasteiger partial charge on any atom is -0.299 e. The Bertz CT molecular complexity index is 1690. The van der Waals surface area contributed by atoms with Gasteiger partial charge in [-0.1, -0.05) is 107 Å². The summed E-state index contributed by atoms with van der Waals surface area (Å²) >= 11 is 0. The highest BCUT2D eigenvalue weighted by Gasteiger charge is 2.38. The van der Waals surface area contributed by atoms with E-state index in [-0.39, 0.29) is 52.0 Å². The first-order valence-electron chi connectivity index (χ1n) is 39.2. The van der Waals surface area contributed by atoms with Crippen molar-refractivity contribution in [2.75, 3.05) is 124 Å². The fraction of sp³-hybridized carbons (Fsp3) is 1.00. The Morgan fingerprint density at radius 3 is 0.677 bits per heavy atom. The molecule has 6 rings (SSSR count). The van der Waals surface area contributed by atoms with Gasteiger partial charge in [-0.15, -0.1) is 0 Å². The molecule has 12 nitrogen and oxygen atoms in total. The molecule has 0 radical (unpaired) electrons. The minimum absolute atomic E-state index is 0. The first-order chi connectivity index (χ1) is 42.6. The van der Waals surface area contributed by atoms with Crippen molar-refractivity contribution in [1.29, 1.82) is 0 Å². The summed E-state index contributed by atoms with van der Waals surface area (Å²) in [6.45, 7) is 98.3. The topological polar surface area (TPSA) is 38.9 Å². The molecule has 0 amide bonds. The molecule has 6 aliphatic heterocycles. The van der Waals surface area contributed by atoms with Crippen molar-refractivity contribution >= 4 is 0 Å². The third-order valence-corrected chi connectivity index (χ3v) is 21.7. The highest BCUT2D eigenvalue weighted by Crippen LogP contribution is 2.31. The van der Waals surface area contributed by atoms with Gasteiger partial charge in [0.15, 0.2) is 0 Å². The van der Waals surface area contributed by atoms with Crippen LogP contribution in [0, 0.1) is 10.8 Å². The van der Waals surface area contributed by atoms with Crippen LogP contribution >= 0.6 is 0 Å². The summed E-state index contributed by atoms with van der Waals surface area (Å²) in [7, 11) is 0. The molecule has 0 spiro atoms. The molecule has 0 unspecified atom stereocenters. The summed E-state index contributed by atoms with van der Waals surface area (Å²) in [4.78, 5) is 31.1. The lowest BCUT2D eigenvalue weighted by atomic mass is 9.84. The zero-order valence-corrected chi connectivity index (χ0v) is 68.5. The number of nitrogens with zero attached hydrogens (tertiary/aromatic N) is 12. The molecule has 0 saturated carbocycles. The first-order valence-corrected chi connectivity index (χ1v) is 39.2. The fourth-order valence-corrected chi connectivity index (χ4v) is 15.4. The van der Waals surface area contributed by atoms with E-state index < -0.39 is 6.17 Å². The van der Waals surface area contributed by atoms with Crippen LogP contribution in [0.25, 0.3) is 0 Å². The van der Waals surface area contributed by atoms with E-state index in [0.717, 1.165) is 25.2 Å². The van der Waals surface area contributed by atoms with Crippen LogP contribution in [0.2, 0.25) is 0 Å². The monoisotopic (exact) mass is 1420 g/mol. The van der Waals surface area contributed by atoms with Gasteiger partial charge in [0.1, 0.15) is 6.17 Å². The van der Waals surface area contributed by atoms with Crippen LogP contribution in [0.4, 0.5) is 4.39 Å². The number of hydrogen-bond donors (Lipinski definition) is 0. The molecule has 0 N–H and O–H groups in total. The van der Waals surface area contributed by atoms with Gasteiger partial charge in [-0.25, -0.2) is 4.39 Å². The lowest BCUT2D eigenvalue weighted by Gasteiger charge is -2.43. The molecule has 13 heteroatoms. The predicted molar refractivity (Wildman–Crippen MR) is 455 cm³/mol. The molecule has 0 aromatic carbocycles. The van der Waals surface area contributed by atoms with Crippen LogP contribution in [0.5, 0.6) is 0 Å². The fourth-order valence-electron chi connectivity index (χ4n) is 15.4. The van der Waals surface area contributed by atoms with Crippen molar-refractivity contribution in [3.63, 3.8) is 0 Å². The Labute approximate surface area is 629 Å². The Kier molecular flexibility index (Phi) is 63.0. The smallest absolute Gasteiger partial charge is 0.125 e. The quantitative estimate of drug-likeness (QED) is 0.166. The van der Waals surface area contributed by atoms with Crippen molar-refractivity contribution in [3.05, 3.63) is 0 Å². The number of alkyl halides is 1. The molecule has 6 heterocycles. The summed E-state index contributed by atoms with van der Waals surface area (Å²) in [5.74, 6) is 0. The van der Waals surface area contributed by atoms with Gasteiger partial charge in [-0.3, -0.25) is 58.8 Å². The Balaban J connectivity index is -0.000000203. The van der Waals surface area contributed by atoms with E-state index in [1.54, 1.807) is 0 Å². The first kappa shape index (κ1) is 112. The van der Waals surface area contributed by atoms with Crippen molar-refractivity contribution in [2.24, 2.45) is 10.8 Å². The summed E-state index contributed by atoms with van der Waals surface area (Å²) in [5, 5.41) is 0.